The molecule has 7 heteroatoms. The SMILES string of the molecule is CN(C)c1ccc(C(=C/C(C#N)=C(\C#N)S(=O)(=O)Cc2ccccc2)c2ccc(N(C)C)cc2)cc1. The molecule has 0 fully saturated rings. The van der Waals surface area contributed by atoms with Crippen molar-refractivity contribution in [1.82, 2.24) is 0 Å². The van der Waals surface area contributed by atoms with Gasteiger partial charge in [-0.15, -0.1) is 0 Å². The van der Waals surface area contributed by atoms with Crippen LogP contribution in [-0.4, -0.2) is 36.6 Å². The number of anilines is 2. The number of nitrogens with zero attached hydrogens (tertiary/aromatic N) is 4. The van der Waals surface area contributed by atoms with E-state index in [9.17, 15) is 18.9 Å². The highest BCUT2D eigenvalue weighted by atomic mass is 32.2. The Bertz CT molecular complexity index is 1400. The maximum Gasteiger partial charge on any atom is 0.193 e. The van der Waals surface area contributed by atoms with Gasteiger partial charge in [-0.3, -0.25) is 0 Å². The molecule has 0 spiro atoms. The lowest BCUT2D eigenvalue weighted by Crippen LogP contribution is -2.09. The van der Waals surface area contributed by atoms with Crippen molar-refractivity contribution in [3.8, 4) is 12.1 Å². The lowest BCUT2D eigenvalue weighted by Gasteiger charge is -2.16. The van der Waals surface area contributed by atoms with Gasteiger partial charge in [0.05, 0.1) is 11.3 Å². The molecule has 6 nitrogen and oxygen atoms in total. The minimum absolute atomic E-state index is 0.197. The van der Waals surface area contributed by atoms with Crippen LogP contribution < -0.4 is 9.80 Å². The highest BCUT2D eigenvalue weighted by molar-refractivity contribution is 7.94. The largest absolute Gasteiger partial charge is 0.378 e. The van der Waals surface area contributed by atoms with Crippen molar-refractivity contribution in [3.63, 3.8) is 0 Å². The van der Waals surface area contributed by atoms with E-state index in [4.69, 9.17) is 0 Å². The van der Waals surface area contributed by atoms with Crippen molar-refractivity contribution in [2.24, 2.45) is 0 Å². The van der Waals surface area contributed by atoms with E-state index < -0.39 is 14.7 Å². The molecule has 0 saturated carbocycles. The monoisotopic (exact) mass is 496 g/mol. The van der Waals surface area contributed by atoms with Gasteiger partial charge in [0, 0.05) is 39.6 Å². The quantitative estimate of drug-likeness (QED) is 0.316. The molecule has 0 N–H and O–H groups in total. The topological polar surface area (TPSA) is 88.2 Å². The molecule has 0 aliphatic rings. The van der Waals surface area contributed by atoms with Crippen molar-refractivity contribution >= 4 is 26.8 Å². The first kappa shape index (κ1) is 26.3. The van der Waals surface area contributed by atoms with Gasteiger partial charge in [-0.1, -0.05) is 54.6 Å². The van der Waals surface area contributed by atoms with Gasteiger partial charge in [-0.05, 0) is 52.6 Å². The number of hydrogen-bond donors (Lipinski definition) is 0. The van der Waals surface area contributed by atoms with Gasteiger partial charge in [0.15, 0.2) is 14.7 Å². The number of rotatable bonds is 8. The van der Waals surface area contributed by atoms with Crippen molar-refractivity contribution in [2.45, 2.75) is 5.75 Å². The number of sulfone groups is 1. The Kier molecular flexibility index (Phi) is 8.32. The lowest BCUT2D eigenvalue weighted by molar-refractivity contribution is 0.602. The fourth-order valence-corrected chi connectivity index (χ4v) is 5.02. The Morgan fingerprint density at radius 3 is 1.61 bits per heavy atom. The average molecular weight is 497 g/mol. The Hall–Kier alpha value is -4.33. The van der Waals surface area contributed by atoms with Crippen LogP contribution in [0.25, 0.3) is 5.57 Å². The van der Waals surface area contributed by atoms with E-state index in [1.54, 1.807) is 36.4 Å². The summed E-state index contributed by atoms with van der Waals surface area (Å²) in [5.74, 6) is -0.361. The number of benzene rings is 3. The summed E-state index contributed by atoms with van der Waals surface area (Å²) in [7, 11) is 3.73. The van der Waals surface area contributed by atoms with Crippen molar-refractivity contribution in [1.29, 1.82) is 10.5 Å². The molecule has 0 aromatic heterocycles. The summed E-state index contributed by atoms with van der Waals surface area (Å²) in [4.78, 5) is 3.41. The van der Waals surface area contributed by atoms with Crippen molar-refractivity contribution in [3.05, 3.63) is 112 Å². The number of nitriles is 2. The molecule has 0 atom stereocenters. The second-order valence-electron chi connectivity index (χ2n) is 8.65. The fourth-order valence-electron chi connectivity index (χ4n) is 3.67. The summed E-state index contributed by atoms with van der Waals surface area (Å²) in [6, 6.07) is 27.8. The second-order valence-corrected chi connectivity index (χ2v) is 10.6. The van der Waals surface area contributed by atoms with Crippen LogP contribution in [0.2, 0.25) is 0 Å². The van der Waals surface area contributed by atoms with E-state index >= 15 is 0 Å². The first-order valence-corrected chi connectivity index (χ1v) is 12.9. The molecule has 0 saturated heterocycles. The molecular weight excluding hydrogens is 468 g/mol. The predicted octanol–water partition coefficient (Wildman–Crippen LogP) is 5.17. The number of allylic oxidation sites excluding steroid dienone is 3. The molecule has 182 valence electrons. The first-order valence-electron chi connectivity index (χ1n) is 11.2. The van der Waals surface area contributed by atoms with E-state index in [1.165, 1.54) is 6.08 Å². The van der Waals surface area contributed by atoms with E-state index in [2.05, 4.69) is 0 Å². The summed E-state index contributed by atoms with van der Waals surface area (Å²) in [6.45, 7) is 0. The van der Waals surface area contributed by atoms with E-state index in [-0.39, 0.29) is 11.3 Å². The van der Waals surface area contributed by atoms with Crippen LogP contribution in [0.5, 0.6) is 0 Å². The van der Waals surface area contributed by atoms with Gasteiger partial charge < -0.3 is 9.80 Å². The molecule has 0 radical (unpaired) electrons. The third kappa shape index (κ3) is 6.21. The molecular formula is C29H28N4O2S. The number of hydrogen-bond acceptors (Lipinski definition) is 6. The lowest BCUT2D eigenvalue weighted by atomic mass is 9.95. The molecule has 3 aromatic carbocycles. The van der Waals surface area contributed by atoms with Crippen LogP contribution in [0, 0.1) is 22.7 Å². The average Bonchev–Trinajstić information content (AvgIpc) is 2.87. The zero-order chi connectivity index (χ0) is 26.3. The Morgan fingerprint density at radius 1 is 0.750 bits per heavy atom. The fraction of sp³-hybridized carbons (Fsp3) is 0.172. The molecule has 0 unspecified atom stereocenters. The van der Waals surface area contributed by atoms with Gasteiger partial charge >= 0.3 is 0 Å². The summed E-state index contributed by atoms with van der Waals surface area (Å²) < 4.78 is 26.3. The van der Waals surface area contributed by atoms with Gasteiger partial charge in [-0.25, -0.2) is 8.42 Å². The van der Waals surface area contributed by atoms with Crippen LogP contribution in [0.4, 0.5) is 11.4 Å². The van der Waals surface area contributed by atoms with E-state index in [1.807, 2.05) is 92.6 Å². The predicted molar refractivity (Wildman–Crippen MR) is 146 cm³/mol. The van der Waals surface area contributed by atoms with Crippen LogP contribution in [0.3, 0.4) is 0 Å². The summed E-state index contributed by atoms with van der Waals surface area (Å²) >= 11 is 0. The van der Waals surface area contributed by atoms with E-state index in [0.29, 0.717) is 11.1 Å². The third-order valence-corrected chi connectivity index (χ3v) is 7.30. The van der Waals surface area contributed by atoms with Crippen LogP contribution in [0.15, 0.2) is 95.4 Å². The molecule has 0 amide bonds. The zero-order valence-electron chi connectivity index (χ0n) is 20.8. The maximum atomic E-state index is 13.2. The van der Waals surface area contributed by atoms with Gasteiger partial charge in [0.25, 0.3) is 0 Å². The maximum absolute atomic E-state index is 13.2. The van der Waals surface area contributed by atoms with Crippen LogP contribution in [0.1, 0.15) is 16.7 Å². The van der Waals surface area contributed by atoms with Gasteiger partial charge in [0.2, 0.25) is 0 Å². The molecule has 3 rings (SSSR count). The molecule has 0 aliphatic heterocycles. The highest BCUT2D eigenvalue weighted by Gasteiger charge is 2.23. The second kappa shape index (κ2) is 11.4. The molecule has 36 heavy (non-hydrogen) atoms. The Morgan fingerprint density at radius 2 is 1.22 bits per heavy atom. The molecule has 0 heterocycles. The molecule has 0 aliphatic carbocycles. The molecule has 3 aromatic rings. The van der Waals surface area contributed by atoms with Gasteiger partial charge in [-0.2, -0.15) is 10.5 Å². The van der Waals surface area contributed by atoms with Gasteiger partial charge in [0.1, 0.15) is 12.1 Å². The van der Waals surface area contributed by atoms with Crippen molar-refractivity contribution in [2.75, 3.05) is 38.0 Å². The van der Waals surface area contributed by atoms with E-state index in [0.717, 1.165) is 22.5 Å². The van der Waals surface area contributed by atoms with Crippen LogP contribution >= 0.6 is 0 Å². The van der Waals surface area contributed by atoms with Crippen molar-refractivity contribution < 1.29 is 8.42 Å². The smallest absolute Gasteiger partial charge is 0.193 e. The zero-order valence-corrected chi connectivity index (χ0v) is 21.6. The summed E-state index contributed by atoms with van der Waals surface area (Å²) in [6.07, 6.45) is 1.50. The minimum atomic E-state index is -4.04. The Balaban J connectivity index is 2.19. The first-order chi connectivity index (χ1) is 17.2. The summed E-state index contributed by atoms with van der Waals surface area (Å²) in [5, 5.41) is 19.8. The third-order valence-electron chi connectivity index (χ3n) is 5.66. The normalized spacial score (nSPS) is 11.5. The standard InChI is InChI=1S/C29H28N4O2S/c1-32(2)26-14-10-23(11-15-26)28(24-12-16-27(17-13-24)33(3)4)18-25(19-30)29(20-31)36(34,35)21-22-8-6-5-7-9-22/h5-18H,21H2,1-4H3/b29-25-. The summed E-state index contributed by atoms with van der Waals surface area (Å²) in [5.41, 5.74) is 4.58. The van der Waals surface area contributed by atoms with Crippen LogP contribution in [-0.2, 0) is 15.6 Å². The highest BCUT2D eigenvalue weighted by Crippen LogP contribution is 2.30. The minimum Gasteiger partial charge on any atom is -0.378 e. The molecule has 0 bridgehead atoms. The Labute approximate surface area is 213 Å².